The molecule has 4 nitrogen and oxygen atoms in total. The number of halogens is 3. The Bertz CT molecular complexity index is 779. The van der Waals surface area contributed by atoms with Crippen molar-refractivity contribution in [1.82, 2.24) is 0 Å². The fourth-order valence-corrected chi connectivity index (χ4v) is 2.81. The summed E-state index contributed by atoms with van der Waals surface area (Å²) < 4.78 is 65.7. The van der Waals surface area contributed by atoms with Crippen LogP contribution in [0.15, 0.2) is 41.3 Å². The fourth-order valence-electron chi connectivity index (χ4n) is 1.70. The van der Waals surface area contributed by atoms with E-state index in [4.69, 9.17) is 5.73 Å². The molecule has 8 heteroatoms. The third-order valence-corrected chi connectivity index (χ3v) is 4.12. The Labute approximate surface area is 119 Å². The number of rotatable bonds is 4. The zero-order valence-corrected chi connectivity index (χ0v) is 11.4. The van der Waals surface area contributed by atoms with Gasteiger partial charge in [-0.3, -0.25) is 4.72 Å². The first kappa shape index (κ1) is 15.3. The predicted octanol–water partition coefficient (Wildman–Crippen LogP) is 2.36. The number of nitrogens with two attached hydrogens (primary N) is 1. The maximum absolute atomic E-state index is 13.5. The number of anilines is 1. The summed E-state index contributed by atoms with van der Waals surface area (Å²) in [5.41, 5.74) is 5.45. The molecule has 0 saturated heterocycles. The van der Waals surface area contributed by atoms with Gasteiger partial charge in [-0.05, 0) is 30.3 Å². The van der Waals surface area contributed by atoms with E-state index in [0.29, 0.717) is 6.07 Å². The zero-order chi connectivity index (χ0) is 15.6. The molecule has 3 N–H and O–H groups in total. The SMILES string of the molecule is NCc1cc(NS(=O)(=O)c2ccc(F)cc2F)ccc1F. The van der Waals surface area contributed by atoms with Crippen molar-refractivity contribution >= 4 is 15.7 Å². The fraction of sp³-hybridized carbons (Fsp3) is 0.0769. The van der Waals surface area contributed by atoms with E-state index in [9.17, 15) is 21.6 Å². The molecule has 2 aromatic carbocycles. The summed E-state index contributed by atoms with van der Waals surface area (Å²) in [5, 5.41) is 0. The highest BCUT2D eigenvalue weighted by Crippen LogP contribution is 2.21. The van der Waals surface area contributed by atoms with Crippen LogP contribution >= 0.6 is 0 Å². The van der Waals surface area contributed by atoms with Crippen LogP contribution in [-0.2, 0) is 16.6 Å². The lowest BCUT2D eigenvalue weighted by molar-refractivity contribution is 0.551. The van der Waals surface area contributed by atoms with E-state index in [1.54, 1.807) is 0 Å². The predicted molar refractivity (Wildman–Crippen MR) is 71.5 cm³/mol. The average Bonchev–Trinajstić information content (AvgIpc) is 2.40. The maximum Gasteiger partial charge on any atom is 0.264 e. The molecule has 0 amide bonds. The van der Waals surface area contributed by atoms with Crippen LogP contribution in [-0.4, -0.2) is 8.42 Å². The molecule has 0 heterocycles. The summed E-state index contributed by atoms with van der Waals surface area (Å²) in [6.45, 7) is -0.119. The third-order valence-electron chi connectivity index (χ3n) is 2.70. The number of benzene rings is 2. The Morgan fingerprint density at radius 2 is 1.71 bits per heavy atom. The molecule has 2 aromatic rings. The van der Waals surface area contributed by atoms with Crippen LogP contribution < -0.4 is 10.5 Å². The lowest BCUT2D eigenvalue weighted by Gasteiger charge is -2.10. The van der Waals surface area contributed by atoms with Gasteiger partial charge in [-0.25, -0.2) is 21.6 Å². The second kappa shape index (κ2) is 5.74. The highest BCUT2D eigenvalue weighted by Gasteiger charge is 2.20. The highest BCUT2D eigenvalue weighted by molar-refractivity contribution is 7.92. The lowest BCUT2D eigenvalue weighted by Crippen LogP contribution is -2.15. The second-order valence-electron chi connectivity index (χ2n) is 4.19. The van der Waals surface area contributed by atoms with Crippen molar-refractivity contribution < 1.29 is 21.6 Å². The van der Waals surface area contributed by atoms with Crippen LogP contribution in [0.2, 0.25) is 0 Å². The summed E-state index contributed by atoms with van der Waals surface area (Å²) in [7, 11) is -4.25. The Balaban J connectivity index is 2.37. The molecule has 112 valence electrons. The molecule has 0 unspecified atom stereocenters. The first-order valence-corrected chi connectivity index (χ1v) is 7.28. The van der Waals surface area contributed by atoms with Crippen LogP contribution in [0, 0.1) is 17.5 Å². The molecule has 21 heavy (non-hydrogen) atoms. The molecule has 0 bridgehead atoms. The van der Waals surface area contributed by atoms with Crippen LogP contribution in [0.1, 0.15) is 5.56 Å². The van der Waals surface area contributed by atoms with Gasteiger partial charge in [0.25, 0.3) is 10.0 Å². The maximum atomic E-state index is 13.5. The minimum atomic E-state index is -4.25. The normalized spacial score (nSPS) is 11.4. The Hall–Kier alpha value is -2.06. The number of nitrogens with one attached hydrogen (secondary N) is 1. The van der Waals surface area contributed by atoms with Crippen LogP contribution in [0.25, 0.3) is 0 Å². The van der Waals surface area contributed by atoms with E-state index in [0.717, 1.165) is 18.2 Å². The van der Waals surface area contributed by atoms with Gasteiger partial charge in [0.1, 0.15) is 22.3 Å². The van der Waals surface area contributed by atoms with E-state index >= 15 is 0 Å². The molecule has 0 saturated carbocycles. The van der Waals surface area contributed by atoms with Crippen molar-refractivity contribution in [3.8, 4) is 0 Å². The quantitative estimate of drug-likeness (QED) is 0.909. The summed E-state index contributed by atoms with van der Waals surface area (Å²) in [4.78, 5) is -0.706. The van der Waals surface area contributed by atoms with Gasteiger partial charge in [-0.2, -0.15) is 0 Å². The molecule has 0 fully saturated rings. The van der Waals surface area contributed by atoms with Gasteiger partial charge in [-0.15, -0.1) is 0 Å². The Morgan fingerprint density at radius 1 is 1.00 bits per heavy atom. The summed E-state index contributed by atoms with van der Waals surface area (Å²) in [6.07, 6.45) is 0. The van der Waals surface area contributed by atoms with Crippen molar-refractivity contribution in [2.24, 2.45) is 5.73 Å². The van der Waals surface area contributed by atoms with Gasteiger partial charge in [0.2, 0.25) is 0 Å². The molecular formula is C13H11F3N2O2S. The van der Waals surface area contributed by atoms with Crippen molar-refractivity contribution in [2.75, 3.05) is 4.72 Å². The molecule has 2 rings (SSSR count). The largest absolute Gasteiger partial charge is 0.326 e. The second-order valence-corrected chi connectivity index (χ2v) is 5.84. The van der Waals surface area contributed by atoms with E-state index in [2.05, 4.69) is 4.72 Å². The number of sulfonamides is 1. The average molecular weight is 316 g/mol. The highest BCUT2D eigenvalue weighted by atomic mass is 32.2. The van der Waals surface area contributed by atoms with Gasteiger partial charge in [0.05, 0.1) is 0 Å². The van der Waals surface area contributed by atoms with Crippen LogP contribution in [0.3, 0.4) is 0 Å². The minimum Gasteiger partial charge on any atom is -0.326 e. The van der Waals surface area contributed by atoms with Crippen LogP contribution in [0.5, 0.6) is 0 Å². The molecule has 0 aliphatic carbocycles. The van der Waals surface area contributed by atoms with Crippen molar-refractivity contribution in [2.45, 2.75) is 11.4 Å². The number of hydrogen-bond acceptors (Lipinski definition) is 3. The molecule has 0 aliphatic heterocycles. The monoisotopic (exact) mass is 316 g/mol. The summed E-state index contributed by atoms with van der Waals surface area (Å²) in [6, 6.07) is 5.52. The van der Waals surface area contributed by atoms with Crippen molar-refractivity contribution in [3.05, 3.63) is 59.4 Å². The molecule has 0 radical (unpaired) electrons. The third kappa shape index (κ3) is 3.34. The molecule has 0 atom stereocenters. The van der Waals surface area contributed by atoms with E-state index in [-0.39, 0.29) is 17.8 Å². The first-order chi connectivity index (χ1) is 9.83. The Morgan fingerprint density at radius 3 is 2.33 bits per heavy atom. The number of hydrogen-bond donors (Lipinski definition) is 2. The van der Waals surface area contributed by atoms with Gasteiger partial charge in [0, 0.05) is 23.9 Å². The minimum absolute atomic E-state index is 0.0283. The molecular weight excluding hydrogens is 305 g/mol. The topological polar surface area (TPSA) is 72.2 Å². The lowest BCUT2D eigenvalue weighted by atomic mass is 10.2. The summed E-state index contributed by atoms with van der Waals surface area (Å²) in [5.74, 6) is -2.68. The first-order valence-electron chi connectivity index (χ1n) is 5.80. The van der Waals surface area contributed by atoms with Gasteiger partial charge >= 0.3 is 0 Å². The molecule has 0 aliphatic rings. The summed E-state index contributed by atoms with van der Waals surface area (Å²) >= 11 is 0. The van der Waals surface area contributed by atoms with Gasteiger partial charge in [-0.1, -0.05) is 0 Å². The smallest absolute Gasteiger partial charge is 0.264 e. The van der Waals surface area contributed by atoms with Gasteiger partial charge in [0.15, 0.2) is 0 Å². The van der Waals surface area contributed by atoms with E-state index in [1.807, 2.05) is 0 Å². The van der Waals surface area contributed by atoms with Crippen molar-refractivity contribution in [3.63, 3.8) is 0 Å². The molecule has 0 aromatic heterocycles. The van der Waals surface area contributed by atoms with E-state index < -0.39 is 32.4 Å². The molecule has 0 spiro atoms. The zero-order valence-electron chi connectivity index (χ0n) is 10.6. The van der Waals surface area contributed by atoms with E-state index in [1.165, 1.54) is 12.1 Å². The van der Waals surface area contributed by atoms with Gasteiger partial charge < -0.3 is 5.73 Å². The van der Waals surface area contributed by atoms with Crippen LogP contribution in [0.4, 0.5) is 18.9 Å². The standard InChI is InChI=1S/C13H11F3N2O2S/c14-9-1-4-13(12(16)6-9)21(19,20)18-10-2-3-11(15)8(5-10)7-17/h1-6,18H,7,17H2. The Kier molecular flexibility index (Phi) is 4.19. The van der Waals surface area contributed by atoms with Crippen molar-refractivity contribution in [1.29, 1.82) is 0 Å².